The highest BCUT2D eigenvalue weighted by atomic mass is 16.2. The van der Waals surface area contributed by atoms with E-state index in [1.807, 2.05) is 51.5 Å². The Balaban J connectivity index is 1.83. The Kier molecular flexibility index (Phi) is 4.54. The van der Waals surface area contributed by atoms with E-state index in [2.05, 4.69) is 17.2 Å². The Morgan fingerprint density at radius 2 is 2.00 bits per heavy atom. The second-order valence-corrected chi connectivity index (χ2v) is 8.82. The summed E-state index contributed by atoms with van der Waals surface area (Å²) in [5, 5.41) is 14.3. The van der Waals surface area contributed by atoms with Crippen LogP contribution in [0.25, 0.3) is 11.3 Å². The molecule has 2 aliphatic carbocycles. The van der Waals surface area contributed by atoms with Crippen molar-refractivity contribution < 1.29 is 9.90 Å². The van der Waals surface area contributed by atoms with Crippen LogP contribution in [0.1, 0.15) is 42.4 Å². The summed E-state index contributed by atoms with van der Waals surface area (Å²) in [5.41, 5.74) is 5.13. The number of aliphatic hydroxyl groups excluding tert-OH is 1. The molecular formula is C25H26N4O2. The molecule has 0 aliphatic heterocycles. The molecule has 2 aromatic heterocycles. The minimum atomic E-state index is -0.485. The van der Waals surface area contributed by atoms with E-state index >= 15 is 0 Å². The number of rotatable bonds is 2. The number of aliphatic hydroxyl groups is 1. The first-order chi connectivity index (χ1) is 15.0. The van der Waals surface area contributed by atoms with Gasteiger partial charge in [-0.1, -0.05) is 37.3 Å². The third-order valence-electron chi connectivity index (χ3n) is 7.11. The quantitative estimate of drug-likeness (QED) is 0.505. The number of nitrogens with zero attached hydrogens (tertiary/aromatic N) is 4. The maximum Gasteiger partial charge on any atom is 0.165 e. The lowest BCUT2D eigenvalue weighted by Crippen LogP contribution is -2.51. The van der Waals surface area contributed by atoms with Crippen molar-refractivity contribution in [3.8, 4) is 11.3 Å². The number of hydrogen-bond acceptors (Lipinski definition) is 5. The van der Waals surface area contributed by atoms with E-state index in [9.17, 15) is 9.90 Å². The molecule has 31 heavy (non-hydrogen) atoms. The Morgan fingerprint density at radius 3 is 2.68 bits per heavy atom. The topological polar surface area (TPSA) is 80.9 Å². The summed E-state index contributed by atoms with van der Waals surface area (Å²) in [4.78, 5) is 22.8. The van der Waals surface area contributed by atoms with Crippen molar-refractivity contribution in [2.45, 2.75) is 38.5 Å². The number of aryl methyl sites for hydroxylation is 2. The lowest BCUT2D eigenvalue weighted by atomic mass is 9.52. The minimum absolute atomic E-state index is 0.0424. The molecule has 2 aliphatic rings. The van der Waals surface area contributed by atoms with E-state index < -0.39 is 5.41 Å². The van der Waals surface area contributed by atoms with Crippen LogP contribution in [0.2, 0.25) is 0 Å². The van der Waals surface area contributed by atoms with Crippen LogP contribution in [0.4, 0.5) is 0 Å². The van der Waals surface area contributed by atoms with E-state index in [4.69, 9.17) is 9.97 Å². The predicted molar refractivity (Wildman–Crippen MR) is 118 cm³/mol. The lowest BCUT2D eigenvalue weighted by molar-refractivity contribution is -0.123. The summed E-state index contributed by atoms with van der Waals surface area (Å²) >= 11 is 0. The van der Waals surface area contributed by atoms with Crippen LogP contribution < -0.4 is 0 Å². The Bertz CT molecular complexity index is 1200. The molecule has 6 heteroatoms. The second-order valence-electron chi connectivity index (χ2n) is 8.82. The molecule has 1 N–H and O–H groups in total. The van der Waals surface area contributed by atoms with Crippen molar-refractivity contribution in [1.29, 1.82) is 0 Å². The van der Waals surface area contributed by atoms with Crippen LogP contribution >= 0.6 is 0 Å². The van der Waals surface area contributed by atoms with Crippen molar-refractivity contribution in [3.05, 3.63) is 77.2 Å². The fourth-order valence-corrected chi connectivity index (χ4v) is 5.76. The molecule has 0 saturated heterocycles. The van der Waals surface area contributed by atoms with Crippen molar-refractivity contribution in [3.63, 3.8) is 0 Å². The van der Waals surface area contributed by atoms with Gasteiger partial charge in [-0.25, -0.2) is 9.97 Å². The summed E-state index contributed by atoms with van der Waals surface area (Å²) in [6.07, 6.45) is 6.95. The summed E-state index contributed by atoms with van der Waals surface area (Å²) in [6, 6.07) is 10.3. The van der Waals surface area contributed by atoms with Crippen molar-refractivity contribution in [1.82, 2.24) is 19.7 Å². The molecule has 158 valence electrons. The third-order valence-corrected chi connectivity index (χ3v) is 7.11. The van der Waals surface area contributed by atoms with Crippen molar-refractivity contribution in [2.24, 2.45) is 18.9 Å². The normalized spacial score (nSPS) is 26.5. The first-order valence-electron chi connectivity index (χ1n) is 10.8. The van der Waals surface area contributed by atoms with Crippen molar-refractivity contribution >= 4 is 5.78 Å². The Hall–Kier alpha value is -3.28. The van der Waals surface area contributed by atoms with Gasteiger partial charge >= 0.3 is 0 Å². The highest BCUT2D eigenvalue weighted by molar-refractivity contribution is 5.98. The van der Waals surface area contributed by atoms with Gasteiger partial charge in [0.1, 0.15) is 5.82 Å². The van der Waals surface area contributed by atoms with E-state index in [0.717, 1.165) is 47.2 Å². The standard InChI is InChI=1S/C25H26N4O2/c1-15-21-10-9-20-22(18-12-26-29(3)13-18)27-16(2)28-24(20)25(21,11-17(14-30)23(15)31)19-7-5-4-6-8-19/h4-8,12-15,21,30H,9-11H2,1-3H3/b17-14-/t15-,21-,25+/m0/s1. The van der Waals surface area contributed by atoms with Gasteiger partial charge in [-0.15, -0.1) is 0 Å². The molecule has 0 unspecified atom stereocenters. The number of fused-ring (bicyclic) bond motifs is 3. The van der Waals surface area contributed by atoms with Crippen molar-refractivity contribution in [2.75, 3.05) is 0 Å². The summed E-state index contributed by atoms with van der Waals surface area (Å²) in [7, 11) is 1.90. The molecule has 0 spiro atoms. The molecule has 3 aromatic rings. The highest BCUT2D eigenvalue weighted by Crippen LogP contribution is 2.56. The largest absolute Gasteiger partial charge is 0.515 e. The maximum atomic E-state index is 13.0. The second kappa shape index (κ2) is 7.15. The van der Waals surface area contributed by atoms with Gasteiger partial charge in [-0.2, -0.15) is 5.10 Å². The molecule has 0 radical (unpaired) electrons. The highest BCUT2D eigenvalue weighted by Gasteiger charge is 2.55. The van der Waals surface area contributed by atoms with Gasteiger partial charge in [0, 0.05) is 41.3 Å². The zero-order chi connectivity index (χ0) is 21.8. The lowest BCUT2D eigenvalue weighted by Gasteiger charge is -2.51. The number of ketones is 1. The molecule has 0 amide bonds. The van der Waals surface area contributed by atoms with Crippen LogP contribution in [0.15, 0.2) is 54.6 Å². The molecule has 5 rings (SSSR count). The molecule has 1 saturated carbocycles. The fraction of sp³-hybridized carbons (Fsp3) is 0.360. The van der Waals surface area contributed by atoms with Gasteiger partial charge in [-0.3, -0.25) is 9.48 Å². The molecule has 1 fully saturated rings. The zero-order valence-corrected chi connectivity index (χ0v) is 18.0. The smallest absolute Gasteiger partial charge is 0.165 e. The number of hydrogen-bond donors (Lipinski definition) is 1. The number of benzene rings is 1. The SMILES string of the molecule is Cc1nc(-c2cnn(C)c2)c2c(n1)[C@@]1(c3ccccc3)C/C(=C/O)C(=O)[C@@H](C)[C@@H]1CC2. The average Bonchev–Trinajstić information content (AvgIpc) is 3.22. The Labute approximate surface area is 181 Å². The monoisotopic (exact) mass is 414 g/mol. The maximum absolute atomic E-state index is 13.0. The first-order valence-corrected chi connectivity index (χ1v) is 10.8. The average molecular weight is 415 g/mol. The number of carbonyl (C=O) groups is 1. The van der Waals surface area contributed by atoms with Gasteiger partial charge in [0.2, 0.25) is 0 Å². The first kappa shape index (κ1) is 19.7. The van der Waals surface area contributed by atoms with Gasteiger partial charge in [0.15, 0.2) is 5.78 Å². The van der Waals surface area contributed by atoms with Crippen LogP contribution in [0, 0.1) is 18.8 Å². The molecule has 1 aromatic carbocycles. The van der Waals surface area contributed by atoms with E-state index in [0.29, 0.717) is 17.8 Å². The number of carbonyl (C=O) groups excluding carboxylic acids is 1. The predicted octanol–water partition coefficient (Wildman–Crippen LogP) is 4.08. The molecule has 3 atom stereocenters. The van der Waals surface area contributed by atoms with E-state index in [1.54, 1.807) is 4.68 Å². The van der Waals surface area contributed by atoms with Gasteiger partial charge in [-0.05, 0) is 37.7 Å². The number of Topliss-reactive ketones (excluding diaryl/α,β-unsaturated/α-hetero) is 1. The van der Waals surface area contributed by atoms with Gasteiger partial charge in [0.05, 0.1) is 23.8 Å². The summed E-state index contributed by atoms with van der Waals surface area (Å²) in [5.74, 6) is 0.653. The zero-order valence-electron chi connectivity index (χ0n) is 18.0. The minimum Gasteiger partial charge on any atom is -0.515 e. The van der Waals surface area contributed by atoms with Gasteiger partial charge in [0.25, 0.3) is 0 Å². The number of allylic oxidation sites excluding steroid dienone is 1. The van der Waals surface area contributed by atoms with Crippen LogP contribution in [-0.2, 0) is 23.7 Å². The molecule has 0 bridgehead atoms. The molecule has 2 heterocycles. The number of aromatic nitrogens is 4. The van der Waals surface area contributed by atoms with Crippen LogP contribution in [-0.4, -0.2) is 30.6 Å². The fourth-order valence-electron chi connectivity index (χ4n) is 5.76. The molecule has 6 nitrogen and oxygen atoms in total. The van der Waals surface area contributed by atoms with E-state index in [1.165, 1.54) is 0 Å². The van der Waals surface area contributed by atoms with Crippen LogP contribution in [0.5, 0.6) is 0 Å². The van der Waals surface area contributed by atoms with Gasteiger partial charge < -0.3 is 5.11 Å². The molecular weight excluding hydrogens is 388 g/mol. The summed E-state index contributed by atoms with van der Waals surface area (Å²) in [6.45, 7) is 3.91. The van der Waals surface area contributed by atoms with E-state index in [-0.39, 0.29) is 17.6 Å². The third kappa shape index (κ3) is 2.85. The van der Waals surface area contributed by atoms with Crippen LogP contribution in [0.3, 0.4) is 0 Å². The summed E-state index contributed by atoms with van der Waals surface area (Å²) < 4.78 is 1.78. The Morgan fingerprint density at radius 1 is 1.23 bits per heavy atom.